The molecule has 0 heterocycles. The standard InChI is InChI=1S/C15H12Cl3NO3/c1-22-13-5-3-2-4-8(13)14(15(20)21)19-12-7-10(17)9(16)6-11(12)18/h2-7,14,19H,1H3,(H,20,21). The summed E-state index contributed by atoms with van der Waals surface area (Å²) >= 11 is 17.9. The summed E-state index contributed by atoms with van der Waals surface area (Å²) in [6, 6.07) is 8.72. The number of aliphatic carboxylic acids is 1. The second kappa shape index (κ2) is 7.09. The number of carboxylic acid groups (broad SMARTS) is 1. The second-order valence-electron chi connectivity index (χ2n) is 4.40. The number of halogens is 3. The first kappa shape index (κ1) is 16.7. The minimum absolute atomic E-state index is 0.274. The summed E-state index contributed by atoms with van der Waals surface area (Å²) in [5.74, 6) is -0.620. The molecule has 1 atom stereocenters. The zero-order chi connectivity index (χ0) is 16.3. The Labute approximate surface area is 142 Å². The van der Waals surface area contributed by atoms with Gasteiger partial charge in [0.15, 0.2) is 6.04 Å². The number of benzene rings is 2. The van der Waals surface area contributed by atoms with E-state index in [1.54, 1.807) is 24.3 Å². The van der Waals surface area contributed by atoms with Gasteiger partial charge in [-0.2, -0.15) is 0 Å². The molecule has 0 amide bonds. The first-order chi connectivity index (χ1) is 10.4. The van der Waals surface area contributed by atoms with E-state index in [4.69, 9.17) is 39.5 Å². The number of anilines is 1. The Morgan fingerprint density at radius 2 is 1.77 bits per heavy atom. The maximum absolute atomic E-state index is 11.6. The Kier molecular flexibility index (Phi) is 5.40. The van der Waals surface area contributed by atoms with Crippen LogP contribution in [-0.4, -0.2) is 18.2 Å². The van der Waals surface area contributed by atoms with Crippen molar-refractivity contribution in [2.24, 2.45) is 0 Å². The zero-order valence-corrected chi connectivity index (χ0v) is 13.7. The minimum atomic E-state index is -1.08. The smallest absolute Gasteiger partial charge is 0.330 e. The molecule has 2 aromatic rings. The zero-order valence-electron chi connectivity index (χ0n) is 11.4. The van der Waals surface area contributed by atoms with E-state index in [1.165, 1.54) is 19.2 Å². The quantitative estimate of drug-likeness (QED) is 0.745. The van der Waals surface area contributed by atoms with Crippen LogP contribution in [0, 0.1) is 0 Å². The van der Waals surface area contributed by atoms with Crippen LogP contribution in [0.2, 0.25) is 15.1 Å². The van der Waals surface area contributed by atoms with E-state index in [2.05, 4.69) is 5.32 Å². The molecule has 0 aromatic heterocycles. The van der Waals surface area contributed by atoms with Crippen LogP contribution in [0.25, 0.3) is 0 Å². The van der Waals surface area contributed by atoms with Gasteiger partial charge < -0.3 is 15.2 Å². The highest BCUT2D eigenvalue weighted by atomic mass is 35.5. The molecule has 116 valence electrons. The van der Waals surface area contributed by atoms with Gasteiger partial charge in [-0.05, 0) is 18.2 Å². The predicted molar refractivity (Wildman–Crippen MR) is 88.5 cm³/mol. The molecule has 22 heavy (non-hydrogen) atoms. The lowest BCUT2D eigenvalue weighted by molar-refractivity contribution is -0.138. The monoisotopic (exact) mass is 359 g/mol. The Morgan fingerprint density at radius 1 is 1.14 bits per heavy atom. The molecule has 0 saturated heterocycles. The van der Waals surface area contributed by atoms with Crippen LogP contribution in [0.4, 0.5) is 5.69 Å². The van der Waals surface area contributed by atoms with Crippen LogP contribution in [-0.2, 0) is 4.79 Å². The van der Waals surface area contributed by atoms with E-state index in [9.17, 15) is 9.90 Å². The number of nitrogens with one attached hydrogen (secondary N) is 1. The van der Waals surface area contributed by atoms with Gasteiger partial charge in [-0.25, -0.2) is 4.79 Å². The SMILES string of the molecule is COc1ccccc1C(Nc1cc(Cl)c(Cl)cc1Cl)C(=O)O. The number of ether oxygens (including phenoxy) is 1. The van der Waals surface area contributed by atoms with Gasteiger partial charge in [-0.3, -0.25) is 0 Å². The normalized spacial score (nSPS) is 11.8. The van der Waals surface area contributed by atoms with Gasteiger partial charge >= 0.3 is 5.97 Å². The van der Waals surface area contributed by atoms with Crippen LogP contribution in [0.1, 0.15) is 11.6 Å². The molecule has 0 fully saturated rings. The summed E-state index contributed by atoms with van der Waals surface area (Å²) in [6.45, 7) is 0. The van der Waals surface area contributed by atoms with Gasteiger partial charge in [0.25, 0.3) is 0 Å². The lowest BCUT2D eigenvalue weighted by Crippen LogP contribution is -2.21. The molecule has 0 saturated carbocycles. The van der Waals surface area contributed by atoms with Crippen molar-refractivity contribution in [3.63, 3.8) is 0 Å². The fourth-order valence-corrected chi connectivity index (χ4v) is 2.57. The summed E-state index contributed by atoms with van der Waals surface area (Å²) in [5.41, 5.74) is 0.842. The van der Waals surface area contributed by atoms with Crippen LogP contribution in [0.15, 0.2) is 36.4 Å². The highest BCUT2D eigenvalue weighted by Gasteiger charge is 2.24. The van der Waals surface area contributed by atoms with Crippen molar-refractivity contribution in [3.05, 3.63) is 57.0 Å². The molecular weight excluding hydrogens is 349 g/mol. The molecule has 0 aliphatic heterocycles. The van der Waals surface area contributed by atoms with E-state index in [1.807, 2.05) is 0 Å². The third-order valence-corrected chi connectivity index (χ3v) is 4.04. The first-order valence-electron chi connectivity index (χ1n) is 6.21. The molecule has 2 rings (SSSR count). The maximum atomic E-state index is 11.6. The van der Waals surface area contributed by atoms with Crippen LogP contribution in [0.3, 0.4) is 0 Å². The molecular formula is C15H12Cl3NO3. The Bertz CT molecular complexity index is 706. The van der Waals surface area contributed by atoms with Crippen LogP contribution < -0.4 is 10.1 Å². The molecule has 2 aromatic carbocycles. The average molecular weight is 361 g/mol. The summed E-state index contributed by atoms with van der Waals surface area (Å²) < 4.78 is 5.20. The predicted octanol–water partition coefficient (Wildman–Crippen LogP) is 4.89. The number of para-hydroxylation sites is 1. The number of rotatable bonds is 5. The van der Waals surface area contributed by atoms with Crippen molar-refractivity contribution >= 4 is 46.5 Å². The third-order valence-electron chi connectivity index (χ3n) is 3.01. The number of methoxy groups -OCH3 is 1. The summed E-state index contributed by atoms with van der Waals surface area (Å²) in [4.78, 5) is 11.6. The van der Waals surface area contributed by atoms with E-state index < -0.39 is 12.0 Å². The molecule has 1 unspecified atom stereocenters. The van der Waals surface area contributed by atoms with Crippen LogP contribution >= 0.6 is 34.8 Å². The molecule has 0 bridgehead atoms. The molecule has 0 aliphatic carbocycles. The van der Waals surface area contributed by atoms with E-state index in [0.717, 1.165) is 0 Å². The van der Waals surface area contributed by atoms with Crippen LogP contribution in [0.5, 0.6) is 5.75 Å². The number of carboxylic acids is 1. The summed E-state index contributed by atoms with van der Waals surface area (Å²) in [6.07, 6.45) is 0. The Hall–Kier alpha value is -1.62. The molecule has 2 N–H and O–H groups in total. The fraction of sp³-hybridized carbons (Fsp3) is 0.133. The van der Waals surface area contributed by atoms with Gasteiger partial charge in [0.1, 0.15) is 5.75 Å². The minimum Gasteiger partial charge on any atom is -0.496 e. The fourth-order valence-electron chi connectivity index (χ4n) is 1.97. The average Bonchev–Trinajstić information content (AvgIpc) is 2.49. The molecule has 0 spiro atoms. The molecule has 0 radical (unpaired) electrons. The summed E-state index contributed by atoms with van der Waals surface area (Å²) in [7, 11) is 1.48. The van der Waals surface area contributed by atoms with Crippen molar-refractivity contribution in [3.8, 4) is 5.75 Å². The van der Waals surface area contributed by atoms with Gasteiger partial charge in [0.2, 0.25) is 0 Å². The van der Waals surface area contributed by atoms with Crippen molar-refractivity contribution in [1.29, 1.82) is 0 Å². The summed E-state index contributed by atoms with van der Waals surface area (Å²) in [5, 5.41) is 13.2. The van der Waals surface area contributed by atoms with Gasteiger partial charge in [-0.15, -0.1) is 0 Å². The Morgan fingerprint density at radius 3 is 2.41 bits per heavy atom. The maximum Gasteiger partial charge on any atom is 0.330 e. The topological polar surface area (TPSA) is 58.6 Å². The Balaban J connectivity index is 2.42. The second-order valence-corrected chi connectivity index (χ2v) is 5.63. The van der Waals surface area contributed by atoms with E-state index in [-0.39, 0.29) is 10.0 Å². The lowest BCUT2D eigenvalue weighted by Gasteiger charge is -2.19. The van der Waals surface area contributed by atoms with Crippen molar-refractivity contribution < 1.29 is 14.6 Å². The molecule has 0 aliphatic rings. The number of hydrogen-bond donors (Lipinski definition) is 2. The van der Waals surface area contributed by atoms with Gasteiger partial charge in [0, 0.05) is 5.56 Å². The van der Waals surface area contributed by atoms with Crippen molar-refractivity contribution in [1.82, 2.24) is 0 Å². The molecule has 7 heteroatoms. The highest BCUT2D eigenvalue weighted by molar-refractivity contribution is 6.44. The van der Waals surface area contributed by atoms with Gasteiger partial charge in [-0.1, -0.05) is 53.0 Å². The van der Waals surface area contributed by atoms with E-state index >= 15 is 0 Å². The lowest BCUT2D eigenvalue weighted by atomic mass is 10.1. The number of hydrogen-bond acceptors (Lipinski definition) is 3. The molecule has 4 nitrogen and oxygen atoms in total. The largest absolute Gasteiger partial charge is 0.496 e. The van der Waals surface area contributed by atoms with E-state index in [0.29, 0.717) is 22.0 Å². The van der Waals surface area contributed by atoms with Crippen molar-refractivity contribution in [2.45, 2.75) is 6.04 Å². The third kappa shape index (κ3) is 3.58. The highest BCUT2D eigenvalue weighted by Crippen LogP contribution is 2.35. The van der Waals surface area contributed by atoms with Gasteiger partial charge in [0.05, 0.1) is 27.9 Å². The first-order valence-corrected chi connectivity index (χ1v) is 7.34. The van der Waals surface area contributed by atoms with Crippen molar-refractivity contribution in [2.75, 3.05) is 12.4 Å². The number of carbonyl (C=O) groups is 1.